The predicted octanol–water partition coefficient (Wildman–Crippen LogP) is 1.99. The molecule has 4 aliphatic heterocycles. The monoisotopic (exact) mass is 373 g/mol. The quantitative estimate of drug-likeness (QED) is 0.622. The topological polar surface area (TPSA) is 52.1 Å². The van der Waals surface area contributed by atoms with E-state index in [2.05, 4.69) is 27.5 Å². The highest BCUT2D eigenvalue weighted by atomic mass is 32.1. The van der Waals surface area contributed by atoms with Crippen LogP contribution in [0.2, 0.25) is 0 Å². The number of hydrogen-bond acceptors (Lipinski definition) is 5. The molecule has 4 aliphatic rings. The molecule has 0 amide bonds. The van der Waals surface area contributed by atoms with Gasteiger partial charge in [-0.3, -0.25) is 5.43 Å². The maximum Gasteiger partial charge on any atom is 0.191 e. The number of thiocarbonyl (C=S) groups is 1. The third-order valence-corrected chi connectivity index (χ3v) is 6.18. The second-order valence-electron chi connectivity index (χ2n) is 7.56. The van der Waals surface area contributed by atoms with Gasteiger partial charge in [-0.25, -0.2) is 0 Å². The molecule has 4 saturated heterocycles. The van der Waals surface area contributed by atoms with Crippen LogP contribution in [-0.2, 0) is 0 Å². The van der Waals surface area contributed by atoms with Crippen LogP contribution in [0.4, 0.5) is 5.69 Å². The van der Waals surface area contributed by atoms with Crippen molar-refractivity contribution < 1.29 is 4.74 Å². The summed E-state index contributed by atoms with van der Waals surface area (Å²) < 4.78 is 5.37. The molecule has 2 N–H and O–H groups in total. The summed E-state index contributed by atoms with van der Waals surface area (Å²) >= 11 is 5.47. The summed E-state index contributed by atoms with van der Waals surface area (Å²) in [6, 6.07) is 7.75. The number of nitrogens with zero attached hydrogens (tertiary/aromatic N) is 3. The fourth-order valence-electron chi connectivity index (χ4n) is 4.73. The van der Waals surface area contributed by atoms with E-state index < -0.39 is 0 Å². The number of anilines is 1. The first-order valence-electron chi connectivity index (χ1n) is 9.36. The number of ether oxygens (including phenoxy) is 1. The van der Waals surface area contributed by atoms with Crippen molar-refractivity contribution in [3.05, 3.63) is 24.3 Å². The molecule has 6 nitrogen and oxygen atoms in total. The summed E-state index contributed by atoms with van der Waals surface area (Å²) in [4.78, 5) is 5.23. The average Bonchev–Trinajstić information content (AvgIpc) is 2.89. The molecule has 4 heterocycles. The van der Waals surface area contributed by atoms with Crippen LogP contribution in [0.25, 0.3) is 0 Å². The van der Waals surface area contributed by atoms with Crippen molar-refractivity contribution in [2.75, 3.05) is 51.7 Å². The molecule has 0 saturated carbocycles. The van der Waals surface area contributed by atoms with Crippen LogP contribution in [-0.4, -0.2) is 67.0 Å². The van der Waals surface area contributed by atoms with E-state index in [1.54, 1.807) is 7.11 Å². The van der Waals surface area contributed by atoms with Gasteiger partial charge < -0.3 is 19.9 Å². The van der Waals surface area contributed by atoms with Crippen molar-refractivity contribution in [2.24, 2.45) is 16.4 Å². The van der Waals surface area contributed by atoms with Crippen molar-refractivity contribution in [2.45, 2.75) is 13.3 Å². The molecule has 0 spiro atoms. The first-order valence-corrected chi connectivity index (χ1v) is 9.77. The highest BCUT2D eigenvalue weighted by Crippen LogP contribution is 2.40. The summed E-state index contributed by atoms with van der Waals surface area (Å²) in [5.74, 6) is 1.27. The molecule has 7 heteroatoms. The van der Waals surface area contributed by atoms with E-state index in [4.69, 9.17) is 22.1 Å². The van der Waals surface area contributed by atoms with Gasteiger partial charge in [0.2, 0.25) is 0 Å². The van der Waals surface area contributed by atoms with Gasteiger partial charge >= 0.3 is 0 Å². The molecular weight excluding hydrogens is 346 g/mol. The summed E-state index contributed by atoms with van der Waals surface area (Å²) in [6.07, 6.45) is 1.11. The zero-order valence-corrected chi connectivity index (χ0v) is 16.3. The fourth-order valence-corrected chi connectivity index (χ4v) is 4.89. The zero-order chi connectivity index (χ0) is 18.1. The summed E-state index contributed by atoms with van der Waals surface area (Å²) in [7, 11) is 1.66. The molecule has 1 aromatic carbocycles. The molecule has 140 valence electrons. The van der Waals surface area contributed by atoms with E-state index in [-0.39, 0.29) is 5.41 Å². The Bertz CT molecular complexity index is 706. The lowest BCUT2D eigenvalue weighted by molar-refractivity contribution is 0.114. The molecule has 1 aromatic rings. The largest absolute Gasteiger partial charge is 0.495 e. The van der Waals surface area contributed by atoms with Gasteiger partial charge in [-0.1, -0.05) is 19.1 Å². The van der Waals surface area contributed by atoms with Gasteiger partial charge in [0, 0.05) is 50.6 Å². The molecule has 2 unspecified atom stereocenters. The van der Waals surface area contributed by atoms with E-state index in [9.17, 15) is 0 Å². The molecular formula is C19H27N5OS. The fraction of sp³-hybridized carbons (Fsp3) is 0.579. The Morgan fingerprint density at radius 3 is 2.62 bits per heavy atom. The van der Waals surface area contributed by atoms with E-state index in [0.29, 0.717) is 11.0 Å². The Morgan fingerprint density at radius 2 is 1.96 bits per heavy atom. The maximum absolute atomic E-state index is 5.47. The standard InChI is InChI=1S/C19H27N5OS/c1-3-19-12-23-8-9-24(13-19)11-14(10-23)17(19)21-22-18(26)20-15-6-4-5-7-16(15)25-2/h4-7,14H,3,8-13H2,1-2H3,(H2,20,22,26)/b21-17+. The number of methoxy groups -OCH3 is 1. The third-order valence-electron chi connectivity index (χ3n) is 5.98. The molecule has 4 fully saturated rings. The van der Waals surface area contributed by atoms with Crippen LogP contribution in [0.1, 0.15) is 13.3 Å². The predicted molar refractivity (Wildman–Crippen MR) is 109 cm³/mol. The number of para-hydroxylation sites is 2. The molecule has 5 rings (SSSR count). The molecule has 0 aromatic heterocycles. The van der Waals surface area contributed by atoms with Gasteiger partial charge in [0.25, 0.3) is 0 Å². The van der Waals surface area contributed by atoms with Crippen LogP contribution in [0.5, 0.6) is 5.75 Å². The highest BCUT2D eigenvalue weighted by Gasteiger charge is 2.51. The molecule has 4 bridgehead atoms. The number of hydrogen-bond donors (Lipinski definition) is 2. The Hall–Kier alpha value is -1.70. The zero-order valence-electron chi connectivity index (χ0n) is 15.5. The maximum atomic E-state index is 5.47. The second-order valence-corrected chi connectivity index (χ2v) is 7.97. The Kier molecular flexibility index (Phi) is 4.86. The van der Waals surface area contributed by atoms with E-state index in [0.717, 1.165) is 44.0 Å². The Balaban J connectivity index is 1.50. The summed E-state index contributed by atoms with van der Waals surface area (Å²) in [6.45, 7) is 9.13. The van der Waals surface area contributed by atoms with Gasteiger partial charge in [-0.05, 0) is 30.8 Å². The van der Waals surface area contributed by atoms with Gasteiger partial charge in [-0.2, -0.15) is 5.10 Å². The smallest absolute Gasteiger partial charge is 0.191 e. The number of rotatable bonds is 4. The number of nitrogens with one attached hydrogen (secondary N) is 2. The Labute approximate surface area is 160 Å². The molecule has 0 aliphatic carbocycles. The third kappa shape index (κ3) is 3.19. The molecule has 2 atom stereocenters. The van der Waals surface area contributed by atoms with Gasteiger partial charge in [0.15, 0.2) is 5.11 Å². The van der Waals surface area contributed by atoms with Crippen LogP contribution in [0, 0.1) is 11.3 Å². The van der Waals surface area contributed by atoms with Crippen LogP contribution >= 0.6 is 12.2 Å². The first-order chi connectivity index (χ1) is 12.6. The van der Waals surface area contributed by atoms with Gasteiger partial charge in [-0.15, -0.1) is 0 Å². The van der Waals surface area contributed by atoms with Crippen molar-refractivity contribution >= 4 is 28.7 Å². The SMILES string of the molecule is CCC12CN3CCN(CC(C3)/C1=N\NC(=S)Nc1ccccc1OC)C2. The van der Waals surface area contributed by atoms with Crippen LogP contribution in [0.3, 0.4) is 0 Å². The van der Waals surface area contributed by atoms with Crippen molar-refractivity contribution in [1.82, 2.24) is 15.2 Å². The lowest BCUT2D eigenvalue weighted by atomic mass is 9.69. The van der Waals surface area contributed by atoms with Crippen molar-refractivity contribution in [3.8, 4) is 5.75 Å². The number of benzene rings is 1. The number of fused-ring (bicyclic) bond motifs is 1. The number of piperidine rings is 2. The lowest BCUT2D eigenvalue weighted by Crippen LogP contribution is -2.61. The molecule has 26 heavy (non-hydrogen) atoms. The lowest BCUT2D eigenvalue weighted by Gasteiger charge is -2.50. The van der Waals surface area contributed by atoms with E-state index in [1.807, 2.05) is 24.3 Å². The summed E-state index contributed by atoms with van der Waals surface area (Å²) in [5, 5.41) is 8.52. The number of hydrazone groups is 1. The van der Waals surface area contributed by atoms with E-state index >= 15 is 0 Å². The van der Waals surface area contributed by atoms with Crippen LogP contribution < -0.4 is 15.5 Å². The van der Waals surface area contributed by atoms with Gasteiger partial charge in [0.1, 0.15) is 5.75 Å². The van der Waals surface area contributed by atoms with Crippen molar-refractivity contribution in [3.63, 3.8) is 0 Å². The average molecular weight is 374 g/mol. The minimum absolute atomic E-state index is 0.157. The van der Waals surface area contributed by atoms with Gasteiger partial charge in [0.05, 0.1) is 18.5 Å². The van der Waals surface area contributed by atoms with Crippen molar-refractivity contribution in [1.29, 1.82) is 0 Å². The van der Waals surface area contributed by atoms with E-state index in [1.165, 1.54) is 18.8 Å². The second kappa shape index (κ2) is 7.13. The molecule has 0 radical (unpaired) electrons. The first kappa shape index (κ1) is 17.7. The summed E-state index contributed by atoms with van der Waals surface area (Å²) in [5.41, 5.74) is 5.41. The Morgan fingerprint density at radius 1 is 1.27 bits per heavy atom. The normalized spacial score (nSPS) is 33.8. The highest BCUT2D eigenvalue weighted by molar-refractivity contribution is 7.80. The van der Waals surface area contributed by atoms with Crippen LogP contribution in [0.15, 0.2) is 29.4 Å². The minimum atomic E-state index is 0.157. The minimum Gasteiger partial charge on any atom is -0.495 e.